The van der Waals surface area contributed by atoms with Crippen molar-refractivity contribution < 1.29 is 9.53 Å². The molecule has 1 atom stereocenters. The molecule has 0 aliphatic rings. The number of nitrogens with two attached hydrogens (primary N) is 1. The fourth-order valence-electron chi connectivity index (χ4n) is 0.983. The van der Waals surface area contributed by atoms with Crippen molar-refractivity contribution in [3.05, 3.63) is 16.1 Å². The molecule has 0 aliphatic carbocycles. The molecular weight excluding hydrogens is 200 g/mol. The average Bonchev–Trinajstić information content (AvgIpc) is 2.52. The Labute approximate surface area is 87.1 Å². The van der Waals surface area contributed by atoms with Crippen LogP contribution in [-0.4, -0.2) is 17.6 Å². The number of esters is 1. The number of aryl methyl sites for hydroxylation is 1. The molecule has 0 saturated carbocycles. The van der Waals surface area contributed by atoms with Crippen LogP contribution in [-0.2, 0) is 15.1 Å². The predicted molar refractivity (Wildman–Crippen MR) is 55.0 cm³/mol. The number of carbonyl (C=O) groups is 1. The first-order valence-corrected chi connectivity index (χ1v) is 5.19. The zero-order chi connectivity index (χ0) is 10.8. The van der Waals surface area contributed by atoms with Gasteiger partial charge in [0.05, 0.1) is 16.5 Å². The minimum absolute atomic E-state index is 0.337. The van der Waals surface area contributed by atoms with Gasteiger partial charge in [0.15, 0.2) is 0 Å². The van der Waals surface area contributed by atoms with E-state index in [4.69, 9.17) is 10.5 Å². The molecule has 4 nitrogen and oxygen atoms in total. The van der Waals surface area contributed by atoms with Gasteiger partial charge in [-0.05, 0) is 20.8 Å². The third kappa shape index (κ3) is 2.10. The third-order valence-electron chi connectivity index (χ3n) is 1.83. The van der Waals surface area contributed by atoms with Crippen LogP contribution in [0, 0.1) is 6.92 Å². The highest BCUT2D eigenvalue weighted by atomic mass is 32.1. The first-order chi connectivity index (χ1) is 6.48. The SMILES string of the molecule is CCOC(=O)C(C)(N)c1cnc(C)s1. The fraction of sp³-hybridized carbons (Fsp3) is 0.556. The summed E-state index contributed by atoms with van der Waals surface area (Å²) in [6.45, 7) is 5.60. The van der Waals surface area contributed by atoms with Gasteiger partial charge in [0, 0.05) is 6.20 Å². The van der Waals surface area contributed by atoms with Crippen LogP contribution in [0.4, 0.5) is 0 Å². The van der Waals surface area contributed by atoms with Gasteiger partial charge in [-0.15, -0.1) is 11.3 Å². The molecule has 5 heteroatoms. The van der Waals surface area contributed by atoms with E-state index in [9.17, 15) is 4.79 Å². The van der Waals surface area contributed by atoms with Crippen LogP contribution in [0.25, 0.3) is 0 Å². The summed E-state index contributed by atoms with van der Waals surface area (Å²) in [5, 5.41) is 0.890. The summed E-state index contributed by atoms with van der Waals surface area (Å²) in [6, 6.07) is 0. The Morgan fingerprint density at radius 1 is 1.79 bits per heavy atom. The molecule has 1 heterocycles. The summed E-state index contributed by atoms with van der Waals surface area (Å²) in [5.74, 6) is -0.413. The lowest BCUT2D eigenvalue weighted by atomic mass is 10.0. The zero-order valence-corrected chi connectivity index (χ0v) is 9.35. The van der Waals surface area contributed by atoms with Crippen molar-refractivity contribution in [1.82, 2.24) is 4.98 Å². The van der Waals surface area contributed by atoms with Crippen LogP contribution < -0.4 is 5.73 Å². The van der Waals surface area contributed by atoms with Gasteiger partial charge in [-0.3, -0.25) is 0 Å². The van der Waals surface area contributed by atoms with E-state index >= 15 is 0 Å². The van der Waals surface area contributed by atoms with E-state index in [1.54, 1.807) is 20.0 Å². The average molecular weight is 214 g/mol. The van der Waals surface area contributed by atoms with E-state index in [2.05, 4.69) is 4.98 Å². The molecule has 1 aromatic rings. The molecule has 2 N–H and O–H groups in total. The highest BCUT2D eigenvalue weighted by molar-refractivity contribution is 7.11. The van der Waals surface area contributed by atoms with E-state index in [1.807, 2.05) is 6.92 Å². The molecule has 1 rings (SSSR count). The van der Waals surface area contributed by atoms with Crippen LogP contribution >= 0.6 is 11.3 Å². The monoisotopic (exact) mass is 214 g/mol. The number of nitrogens with zero attached hydrogens (tertiary/aromatic N) is 1. The highest BCUT2D eigenvalue weighted by Gasteiger charge is 2.33. The van der Waals surface area contributed by atoms with E-state index in [1.165, 1.54) is 11.3 Å². The Morgan fingerprint density at radius 3 is 2.86 bits per heavy atom. The Hall–Kier alpha value is -0.940. The van der Waals surface area contributed by atoms with Gasteiger partial charge in [0.1, 0.15) is 5.54 Å². The van der Waals surface area contributed by atoms with Crippen molar-refractivity contribution >= 4 is 17.3 Å². The summed E-state index contributed by atoms with van der Waals surface area (Å²) in [4.78, 5) is 16.3. The Morgan fingerprint density at radius 2 is 2.43 bits per heavy atom. The van der Waals surface area contributed by atoms with Crippen molar-refractivity contribution in [2.45, 2.75) is 26.3 Å². The smallest absolute Gasteiger partial charge is 0.331 e. The molecule has 1 aromatic heterocycles. The van der Waals surface area contributed by atoms with Crippen LogP contribution in [0.15, 0.2) is 6.20 Å². The molecule has 0 spiro atoms. The fourth-order valence-corrected chi connectivity index (χ4v) is 1.81. The standard InChI is InChI=1S/C9H14N2O2S/c1-4-13-8(12)9(3,10)7-5-11-6(2)14-7/h5H,4,10H2,1-3H3. The van der Waals surface area contributed by atoms with Gasteiger partial charge in [0.2, 0.25) is 0 Å². The second-order valence-corrected chi connectivity index (χ2v) is 4.40. The number of aromatic nitrogens is 1. The second-order valence-electron chi connectivity index (χ2n) is 3.17. The van der Waals surface area contributed by atoms with Crippen molar-refractivity contribution in [2.24, 2.45) is 5.73 Å². The number of hydrogen-bond acceptors (Lipinski definition) is 5. The number of carbonyl (C=O) groups excluding carboxylic acids is 1. The molecule has 0 aromatic carbocycles. The maximum absolute atomic E-state index is 11.5. The van der Waals surface area contributed by atoms with Gasteiger partial charge in [-0.1, -0.05) is 0 Å². The lowest BCUT2D eigenvalue weighted by Crippen LogP contribution is -2.42. The van der Waals surface area contributed by atoms with Gasteiger partial charge >= 0.3 is 5.97 Å². The number of thiazole rings is 1. The Bertz CT molecular complexity index is 333. The Kier molecular flexibility index (Phi) is 3.23. The largest absolute Gasteiger partial charge is 0.464 e. The molecule has 78 valence electrons. The molecule has 14 heavy (non-hydrogen) atoms. The van der Waals surface area contributed by atoms with Crippen LogP contribution in [0.1, 0.15) is 23.7 Å². The van der Waals surface area contributed by atoms with Crippen molar-refractivity contribution in [1.29, 1.82) is 0 Å². The molecule has 0 aliphatic heterocycles. The maximum atomic E-state index is 11.5. The Balaban J connectivity index is 2.89. The second kappa shape index (κ2) is 4.06. The summed E-state index contributed by atoms with van der Waals surface area (Å²) < 4.78 is 4.89. The van der Waals surface area contributed by atoms with Crippen molar-refractivity contribution in [2.75, 3.05) is 6.61 Å². The molecule has 0 fully saturated rings. The van der Waals surface area contributed by atoms with Gasteiger partial charge in [-0.2, -0.15) is 0 Å². The van der Waals surface area contributed by atoms with E-state index < -0.39 is 11.5 Å². The molecule has 1 unspecified atom stereocenters. The molecular formula is C9H14N2O2S. The minimum Gasteiger partial charge on any atom is -0.464 e. The first-order valence-electron chi connectivity index (χ1n) is 4.37. The quantitative estimate of drug-likeness (QED) is 0.767. The zero-order valence-electron chi connectivity index (χ0n) is 8.53. The minimum atomic E-state index is -1.08. The van der Waals surface area contributed by atoms with E-state index in [0.29, 0.717) is 6.61 Å². The molecule has 0 radical (unpaired) electrons. The third-order valence-corrected chi connectivity index (χ3v) is 2.98. The molecule has 0 amide bonds. The topological polar surface area (TPSA) is 65.2 Å². The van der Waals surface area contributed by atoms with Crippen LogP contribution in [0.2, 0.25) is 0 Å². The van der Waals surface area contributed by atoms with Crippen LogP contribution in [0.3, 0.4) is 0 Å². The molecule has 0 bridgehead atoms. The van der Waals surface area contributed by atoms with E-state index in [-0.39, 0.29) is 0 Å². The lowest BCUT2D eigenvalue weighted by Gasteiger charge is -2.19. The van der Waals surface area contributed by atoms with E-state index in [0.717, 1.165) is 9.88 Å². The molecule has 0 saturated heterocycles. The number of hydrogen-bond donors (Lipinski definition) is 1. The highest BCUT2D eigenvalue weighted by Crippen LogP contribution is 2.25. The predicted octanol–water partition coefficient (Wildman–Crippen LogP) is 1.19. The summed E-state index contributed by atoms with van der Waals surface area (Å²) in [7, 11) is 0. The lowest BCUT2D eigenvalue weighted by molar-refractivity contribution is -0.149. The number of rotatable bonds is 3. The normalized spacial score (nSPS) is 14.9. The van der Waals surface area contributed by atoms with Gasteiger partial charge < -0.3 is 10.5 Å². The summed E-state index contributed by atoms with van der Waals surface area (Å²) in [5.41, 5.74) is 4.80. The van der Waals surface area contributed by atoms with Gasteiger partial charge in [-0.25, -0.2) is 9.78 Å². The van der Waals surface area contributed by atoms with Crippen molar-refractivity contribution in [3.63, 3.8) is 0 Å². The van der Waals surface area contributed by atoms with Gasteiger partial charge in [0.25, 0.3) is 0 Å². The van der Waals surface area contributed by atoms with Crippen LogP contribution in [0.5, 0.6) is 0 Å². The summed E-state index contributed by atoms with van der Waals surface area (Å²) in [6.07, 6.45) is 1.62. The summed E-state index contributed by atoms with van der Waals surface area (Å²) >= 11 is 1.41. The maximum Gasteiger partial charge on any atom is 0.331 e. The first kappa shape index (κ1) is 11.1. The van der Waals surface area contributed by atoms with Crippen molar-refractivity contribution in [3.8, 4) is 0 Å². The number of ether oxygens (including phenoxy) is 1.